The van der Waals surface area contributed by atoms with Crippen LogP contribution in [0.15, 0.2) is 18.2 Å². The van der Waals surface area contributed by atoms with E-state index in [4.69, 9.17) is 23.2 Å². The molecule has 0 N–H and O–H groups in total. The van der Waals surface area contributed by atoms with Gasteiger partial charge in [-0.2, -0.15) is 0 Å². The maximum atomic E-state index is 12.5. The number of halogens is 2. The van der Waals surface area contributed by atoms with E-state index < -0.39 is 9.84 Å². The van der Waals surface area contributed by atoms with Gasteiger partial charge in [0.25, 0.3) is 0 Å². The minimum atomic E-state index is -2.87. The van der Waals surface area contributed by atoms with E-state index in [-0.39, 0.29) is 29.9 Å². The van der Waals surface area contributed by atoms with E-state index in [9.17, 15) is 13.2 Å². The fourth-order valence-electron chi connectivity index (χ4n) is 3.34. The number of nitrogens with zero attached hydrogens (tertiary/aromatic N) is 2. The summed E-state index contributed by atoms with van der Waals surface area (Å²) in [5.74, 6) is 0.575. The molecule has 2 fully saturated rings. The summed E-state index contributed by atoms with van der Waals surface area (Å²) in [4.78, 5) is 16.5. The van der Waals surface area contributed by atoms with Crippen LogP contribution in [0, 0.1) is 0 Å². The van der Waals surface area contributed by atoms with Crippen LogP contribution in [0.25, 0.3) is 0 Å². The molecular weight excluding hydrogens is 371 g/mol. The van der Waals surface area contributed by atoms with Crippen LogP contribution in [0.2, 0.25) is 10.0 Å². The van der Waals surface area contributed by atoms with Crippen molar-refractivity contribution in [3.05, 3.63) is 33.8 Å². The smallest absolute Gasteiger partial charge is 0.227 e. The maximum Gasteiger partial charge on any atom is 0.227 e. The quantitative estimate of drug-likeness (QED) is 0.790. The third-order valence-corrected chi connectivity index (χ3v) is 7.09. The van der Waals surface area contributed by atoms with E-state index in [0.29, 0.717) is 29.6 Å². The molecule has 0 bridgehead atoms. The third kappa shape index (κ3) is 4.23. The molecule has 2 aliphatic rings. The number of piperazine rings is 1. The van der Waals surface area contributed by atoms with Crippen molar-refractivity contribution in [1.29, 1.82) is 0 Å². The first-order chi connectivity index (χ1) is 11.3. The Balaban J connectivity index is 1.53. The lowest BCUT2D eigenvalue weighted by atomic mass is 10.1. The fraction of sp³-hybridized carbons (Fsp3) is 0.562. The van der Waals surface area contributed by atoms with E-state index in [0.717, 1.165) is 18.7 Å². The van der Waals surface area contributed by atoms with Crippen molar-refractivity contribution in [3.63, 3.8) is 0 Å². The minimum Gasteiger partial charge on any atom is -0.340 e. The Morgan fingerprint density at radius 2 is 1.88 bits per heavy atom. The SMILES string of the molecule is O=C(Cc1ccc(Cl)cc1Cl)N1CCN([C@H]2CCS(=O)(=O)C2)CC1. The zero-order valence-corrected chi connectivity index (χ0v) is 15.6. The molecule has 1 aromatic carbocycles. The second kappa shape index (κ2) is 7.20. The summed E-state index contributed by atoms with van der Waals surface area (Å²) in [6.07, 6.45) is 0.963. The Morgan fingerprint density at radius 3 is 2.46 bits per heavy atom. The van der Waals surface area contributed by atoms with Gasteiger partial charge in [-0.25, -0.2) is 8.42 Å². The molecule has 1 aromatic rings. The highest BCUT2D eigenvalue weighted by atomic mass is 35.5. The number of hydrogen-bond donors (Lipinski definition) is 0. The molecule has 3 rings (SSSR count). The largest absolute Gasteiger partial charge is 0.340 e. The van der Waals surface area contributed by atoms with Gasteiger partial charge in [0.1, 0.15) is 0 Å². The first-order valence-electron chi connectivity index (χ1n) is 8.00. The van der Waals surface area contributed by atoms with E-state index in [1.165, 1.54) is 0 Å². The second-order valence-corrected chi connectivity index (χ2v) is 9.46. The van der Waals surface area contributed by atoms with Crippen molar-refractivity contribution in [2.45, 2.75) is 18.9 Å². The lowest BCUT2D eigenvalue weighted by Gasteiger charge is -2.37. The average molecular weight is 391 g/mol. The monoisotopic (exact) mass is 390 g/mol. The summed E-state index contributed by atoms with van der Waals surface area (Å²) < 4.78 is 23.2. The Bertz CT molecular complexity index is 731. The first kappa shape index (κ1) is 18.0. The molecule has 132 valence electrons. The third-order valence-electron chi connectivity index (χ3n) is 4.75. The summed E-state index contributed by atoms with van der Waals surface area (Å²) in [5, 5.41) is 1.06. The number of carbonyl (C=O) groups excluding carboxylic acids is 1. The molecule has 5 nitrogen and oxygen atoms in total. The Morgan fingerprint density at radius 1 is 1.17 bits per heavy atom. The predicted octanol–water partition coefficient (Wildman–Crippen LogP) is 1.87. The molecule has 24 heavy (non-hydrogen) atoms. The molecule has 1 atom stereocenters. The minimum absolute atomic E-state index is 0.0397. The predicted molar refractivity (Wildman–Crippen MR) is 95.4 cm³/mol. The fourth-order valence-corrected chi connectivity index (χ4v) is 5.58. The highest BCUT2D eigenvalue weighted by Crippen LogP contribution is 2.23. The van der Waals surface area contributed by atoms with Gasteiger partial charge in [0.15, 0.2) is 9.84 Å². The maximum absolute atomic E-state index is 12.5. The Labute approximate surface area is 152 Å². The molecule has 0 saturated carbocycles. The molecule has 0 spiro atoms. The number of carbonyl (C=O) groups is 1. The van der Waals surface area contributed by atoms with E-state index in [2.05, 4.69) is 4.90 Å². The van der Waals surface area contributed by atoms with Crippen LogP contribution in [-0.2, 0) is 21.1 Å². The van der Waals surface area contributed by atoms with Crippen LogP contribution >= 0.6 is 23.2 Å². The normalized spacial score (nSPS) is 24.2. The molecule has 0 aromatic heterocycles. The van der Waals surface area contributed by atoms with Crippen molar-refractivity contribution < 1.29 is 13.2 Å². The lowest BCUT2D eigenvalue weighted by Crippen LogP contribution is -2.52. The average Bonchev–Trinajstić information content (AvgIpc) is 2.90. The summed E-state index contributed by atoms with van der Waals surface area (Å²) in [6.45, 7) is 2.70. The zero-order valence-electron chi connectivity index (χ0n) is 13.2. The summed E-state index contributed by atoms with van der Waals surface area (Å²) in [7, 11) is -2.87. The van der Waals surface area contributed by atoms with Gasteiger partial charge < -0.3 is 4.90 Å². The molecule has 0 aliphatic carbocycles. The molecule has 0 radical (unpaired) electrons. The van der Waals surface area contributed by atoms with Gasteiger partial charge in [0.2, 0.25) is 5.91 Å². The van der Waals surface area contributed by atoms with Gasteiger partial charge >= 0.3 is 0 Å². The van der Waals surface area contributed by atoms with Crippen molar-refractivity contribution >= 4 is 38.9 Å². The van der Waals surface area contributed by atoms with Gasteiger partial charge in [0, 0.05) is 42.3 Å². The van der Waals surface area contributed by atoms with Crippen LogP contribution in [-0.4, -0.2) is 67.9 Å². The summed E-state index contributed by atoms with van der Waals surface area (Å²) in [6, 6.07) is 5.26. The van der Waals surface area contributed by atoms with E-state index in [1.807, 2.05) is 4.90 Å². The van der Waals surface area contributed by atoms with Gasteiger partial charge in [-0.1, -0.05) is 29.3 Å². The Kier molecular flexibility index (Phi) is 5.39. The number of sulfone groups is 1. The lowest BCUT2D eigenvalue weighted by molar-refractivity contribution is -0.132. The van der Waals surface area contributed by atoms with Crippen LogP contribution in [0.1, 0.15) is 12.0 Å². The standard InChI is InChI=1S/C16H20Cl2N2O3S/c17-13-2-1-12(15(18)10-13)9-16(21)20-6-4-19(5-7-20)14-3-8-24(22,23)11-14/h1-2,10,14H,3-9,11H2/t14-/m0/s1. The summed E-state index contributed by atoms with van der Waals surface area (Å²) in [5.41, 5.74) is 0.774. The Hall–Kier alpha value is -0.820. The van der Waals surface area contributed by atoms with Crippen molar-refractivity contribution in [2.24, 2.45) is 0 Å². The van der Waals surface area contributed by atoms with Crippen molar-refractivity contribution in [1.82, 2.24) is 9.80 Å². The topological polar surface area (TPSA) is 57.7 Å². The molecule has 8 heteroatoms. The van der Waals surface area contributed by atoms with Crippen LogP contribution in [0.5, 0.6) is 0 Å². The highest BCUT2D eigenvalue weighted by molar-refractivity contribution is 7.91. The molecule has 1 amide bonds. The van der Waals surface area contributed by atoms with Crippen molar-refractivity contribution in [3.8, 4) is 0 Å². The summed E-state index contributed by atoms with van der Waals surface area (Å²) >= 11 is 12.0. The first-order valence-corrected chi connectivity index (χ1v) is 10.6. The molecular formula is C16H20Cl2N2O3S. The van der Waals surface area contributed by atoms with E-state index >= 15 is 0 Å². The van der Waals surface area contributed by atoms with Gasteiger partial charge in [-0.05, 0) is 24.1 Å². The van der Waals surface area contributed by atoms with Crippen LogP contribution in [0.4, 0.5) is 0 Å². The molecule has 2 aliphatic heterocycles. The second-order valence-electron chi connectivity index (χ2n) is 6.39. The van der Waals surface area contributed by atoms with Crippen molar-refractivity contribution in [2.75, 3.05) is 37.7 Å². The highest BCUT2D eigenvalue weighted by Gasteiger charge is 2.34. The molecule has 2 heterocycles. The molecule has 2 saturated heterocycles. The number of hydrogen-bond acceptors (Lipinski definition) is 4. The van der Waals surface area contributed by atoms with E-state index in [1.54, 1.807) is 18.2 Å². The zero-order chi connectivity index (χ0) is 17.3. The number of rotatable bonds is 3. The molecule has 0 unspecified atom stereocenters. The number of benzene rings is 1. The van der Waals surface area contributed by atoms with Gasteiger partial charge in [-0.3, -0.25) is 9.69 Å². The van der Waals surface area contributed by atoms with Crippen LogP contribution < -0.4 is 0 Å². The number of amides is 1. The van der Waals surface area contributed by atoms with Crippen LogP contribution in [0.3, 0.4) is 0 Å². The van der Waals surface area contributed by atoms with Gasteiger partial charge in [0.05, 0.1) is 17.9 Å². The van der Waals surface area contributed by atoms with Gasteiger partial charge in [-0.15, -0.1) is 0 Å².